The predicted octanol–water partition coefficient (Wildman–Crippen LogP) is 6.94. The van der Waals surface area contributed by atoms with Crippen LogP contribution in [0.5, 0.6) is 0 Å². The van der Waals surface area contributed by atoms with Crippen LogP contribution in [0.4, 0.5) is 0 Å². The van der Waals surface area contributed by atoms with E-state index < -0.39 is 0 Å². The highest BCUT2D eigenvalue weighted by molar-refractivity contribution is 7.99. The molecule has 2 nitrogen and oxygen atoms in total. The monoisotopic (exact) mass is 423 g/mol. The lowest BCUT2D eigenvalue weighted by molar-refractivity contribution is 0.106. The lowest BCUT2D eigenvalue weighted by Gasteiger charge is -2.06. The summed E-state index contributed by atoms with van der Waals surface area (Å²) in [7, 11) is 0. The average molecular weight is 424 g/mol. The van der Waals surface area contributed by atoms with Crippen molar-refractivity contribution in [2.24, 2.45) is 0 Å². The molecule has 0 unspecified atom stereocenters. The SMILES string of the molecule is CSc1ccc(SCCC(=N)C(=O)c2ccc(Sc3ccccc3)cc2)cc1. The van der Waals surface area contributed by atoms with Crippen molar-refractivity contribution in [1.29, 1.82) is 5.41 Å². The van der Waals surface area contributed by atoms with Crippen molar-refractivity contribution < 1.29 is 4.79 Å². The molecular formula is C23H21NOS3. The molecule has 3 aromatic carbocycles. The third-order valence-electron chi connectivity index (χ3n) is 4.05. The fraction of sp³-hybridized carbons (Fsp3) is 0.130. The van der Waals surface area contributed by atoms with Crippen molar-refractivity contribution in [3.63, 3.8) is 0 Å². The Morgan fingerprint density at radius 2 is 1.36 bits per heavy atom. The molecule has 5 heteroatoms. The van der Waals surface area contributed by atoms with E-state index in [4.69, 9.17) is 5.41 Å². The number of ketones is 1. The molecule has 0 aliphatic heterocycles. The number of rotatable bonds is 9. The fourth-order valence-electron chi connectivity index (χ4n) is 2.53. The van der Waals surface area contributed by atoms with Crippen LogP contribution in [0.1, 0.15) is 16.8 Å². The molecular weight excluding hydrogens is 402 g/mol. The van der Waals surface area contributed by atoms with Gasteiger partial charge in [-0.25, -0.2) is 0 Å². The molecule has 0 aliphatic rings. The van der Waals surface area contributed by atoms with Gasteiger partial charge >= 0.3 is 0 Å². The molecule has 0 spiro atoms. The Kier molecular flexibility index (Phi) is 7.83. The zero-order chi connectivity index (χ0) is 19.8. The molecule has 0 heterocycles. The molecule has 1 N–H and O–H groups in total. The van der Waals surface area contributed by atoms with Crippen molar-refractivity contribution in [2.45, 2.75) is 26.0 Å². The van der Waals surface area contributed by atoms with E-state index in [0.29, 0.717) is 12.0 Å². The van der Waals surface area contributed by atoms with E-state index in [1.165, 1.54) is 9.79 Å². The van der Waals surface area contributed by atoms with Crippen molar-refractivity contribution >= 4 is 46.8 Å². The zero-order valence-corrected chi connectivity index (χ0v) is 18.0. The maximum absolute atomic E-state index is 12.5. The van der Waals surface area contributed by atoms with E-state index in [0.717, 1.165) is 15.5 Å². The summed E-state index contributed by atoms with van der Waals surface area (Å²) in [4.78, 5) is 17.1. The first-order valence-electron chi connectivity index (χ1n) is 8.87. The standard InChI is InChI=1S/C23H21NOS3/c1-26-18-11-13-19(14-12-18)27-16-15-22(24)23(25)17-7-9-21(10-8-17)28-20-5-3-2-4-6-20/h2-14,24H,15-16H2,1H3. The normalized spacial score (nSPS) is 10.6. The molecule has 0 aliphatic carbocycles. The van der Waals surface area contributed by atoms with Crippen LogP contribution in [0, 0.1) is 5.41 Å². The Morgan fingerprint density at radius 1 is 0.786 bits per heavy atom. The molecule has 0 bridgehead atoms. The number of nitrogens with one attached hydrogen (secondary N) is 1. The van der Waals surface area contributed by atoms with Crippen LogP contribution < -0.4 is 0 Å². The smallest absolute Gasteiger partial charge is 0.206 e. The molecule has 0 aromatic heterocycles. The number of thioether (sulfide) groups is 2. The molecule has 3 aromatic rings. The molecule has 28 heavy (non-hydrogen) atoms. The Bertz CT molecular complexity index is 922. The molecule has 0 saturated heterocycles. The Hall–Kier alpha value is -1.95. The van der Waals surface area contributed by atoms with Gasteiger partial charge in [0.15, 0.2) is 0 Å². The van der Waals surface area contributed by atoms with Gasteiger partial charge in [0.2, 0.25) is 5.78 Å². The predicted molar refractivity (Wildman–Crippen MR) is 123 cm³/mol. The van der Waals surface area contributed by atoms with Gasteiger partial charge in [-0.15, -0.1) is 23.5 Å². The summed E-state index contributed by atoms with van der Waals surface area (Å²) < 4.78 is 0. The number of carbonyl (C=O) groups is 1. The minimum Gasteiger partial charge on any atom is -0.301 e. The van der Waals surface area contributed by atoms with E-state index in [9.17, 15) is 4.79 Å². The number of hydrogen-bond acceptors (Lipinski definition) is 5. The third kappa shape index (κ3) is 6.03. The molecule has 142 valence electrons. The van der Waals surface area contributed by atoms with Gasteiger partial charge in [0, 0.05) is 37.3 Å². The van der Waals surface area contributed by atoms with E-state index in [1.807, 2.05) is 42.5 Å². The molecule has 0 fully saturated rings. The van der Waals surface area contributed by atoms with Gasteiger partial charge in [-0.1, -0.05) is 30.0 Å². The zero-order valence-electron chi connectivity index (χ0n) is 15.6. The first-order valence-corrected chi connectivity index (χ1v) is 11.9. The quantitative estimate of drug-likeness (QED) is 0.230. The summed E-state index contributed by atoms with van der Waals surface area (Å²) in [6.07, 6.45) is 2.52. The molecule has 0 amide bonds. The van der Waals surface area contributed by atoms with Crippen LogP contribution in [0.3, 0.4) is 0 Å². The highest BCUT2D eigenvalue weighted by Crippen LogP contribution is 2.27. The fourth-order valence-corrected chi connectivity index (χ4v) is 4.65. The van der Waals surface area contributed by atoms with Gasteiger partial charge in [-0.2, -0.15) is 0 Å². The summed E-state index contributed by atoms with van der Waals surface area (Å²) in [6, 6.07) is 26.0. The van der Waals surface area contributed by atoms with Crippen molar-refractivity contribution in [1.82, 2.24) is 0 Å². The van der Waals surface area contributed by atoms with Gasteiger partial charge in [-0.05, 0) is 66.9 Å². The minimum absolute atomic E-state index is 0.164. The second-order valence-corrected chi connectivity index (χ2v) is 9.22. The summed E-state index contributed by atoms with van der Waals surface area (Å²) in [5.74, 6) is 0.542. The van der Waals surface area contributed by atoms with Gasteiger partial charge < -0.3 is 5.41 Å². The minimum atomic E-state index is -0.186. The lowest BCUT2D eigenvalue weighted by Crippen LogP contribution is -2.13. The first-order chi connectivity index (χ1) is 13.7. The number of carbonyl (C=O) groups excluding carboxylic acids is 1. The second kappa shape index (κ2) is 10.6. The topological polar surface area (TPSA) is 40.9 Å². The van der Waals surface area contributed by atoms with Crippen LogP contribution >= 0.6 is 35.3 Å². The number of hydrogen-bond donors (Lipinski definition) is 1. The van der Waals surface area contributed by atoms with E-state index in [2.05, 4.69) is 42.7 Å². The Morgan fingerprint density at radius 3 is 2.00 bits per heavy atom. The van der Waals surface area contributed by atoms with Crippen molar-refractivity contribution in [3.05, 3.63) is 84.4 Å². The van der Waals surface area contributed by atoms with Crippen LogP contribution in [-0.4, -0.2) is 23.5 Å². The summed E-state index contributed by atoms with van der Waals surface area (Å²) in [5, 5.41) is 8.12. The van der Waals surface area contributed by atoms with Crippen LogP contribution in [0.2, 0.25) is 0 Å². The van der Waals surface area contributed by atoms with Crippen molar-refractivity contribution in [2.75, 3.05) is 12.0 Å². The summed E-state index contributed by atoms with van der Waals surface area (Å²) in [6.45, 7) is 0. The van der Waals surface area contributed by atoms with Crippen molar-refractivity contribution in [3.8, 4) is 0 Å². The van der Waals surface area contributed by atoms with Crippen LogP contribution in [0.25, 0.3) is 0 Å². The lowest BCUT2D eigenvalue weighted by atomic mass is 10.1. The maximum Gasteiger partial charge on any atom is 0.206 e. The molecule has 0 atom stereocenters. The average Bonchev–Trinajstić information content (AvgIpc) is 2.75. The molecule has 0 saturated carbocycles. The van der Waals surface area contributed by atoms with Gasteiger partial charge in [0.05, 0.1) is 5.71 Å². The van der Waals surface area contributed by atoms with Gasteiger partial charge in [0.25, 0.3) is 0 Å². The van der Waals surface area contributed by atoms with E-state index in [1.54, 1.807) is 35.3 Å². The Balaban J connectivity index is 1.50. The third-order valence-corrected chi connectivity index (χ3v) is 6.82. The number of benzene rings is 3. The molecule has 0 radical (unpaired) electrons. The van der Waals surface area contributed by atoms with Crippen LogP contribution in [0.15, 0.2) is 98.4 Å². The van der Waals surface area contributed by atoms with E-state index >= 15 is 0 Å². The highest BCUT2D eigenvalue weighted by atomic mass is 32.2. The Labute approximate surface area is 179 Å². The van der Waals surface area contributed by atoms with Gasteiger partial charge in [-0.3, -0.25) is 4.79 Å². The second-order valence-electron chi connectivity index (χ2n) is 6.02. The van der Waals surface area contributed by atoms with E-state index in [-0.39, 0.29) is 11.5 Å². The summed E-state index contributed by atoms with van der Waals surface area (Å²) >= 11 is 5.06. The maximum atomic E-state index is 12.5. The summed E-state index contributed by atoms with van der Waals surface area (Å²) in [5.41, 5.74) is 0.744. The molecule has 3 rings (SSSR count). The number of Topliss-reactive ketones (excluding diaryl/α,β-unsaturated/α-hetero) is 1. The first kappa shape index (κ1) is 20.8. The van der Waals surface area contributed by atoms with Gasteiger partial charge in [0.1, 0.15) is 0 Å². The van der Waals surface area contributed by atoms with Crippen LogP contribution in [-0.2, 0) is 0 Å². The largest absolute Gasteiger partial charge is 0.301 e. The highest BCUT2D eigenvalue weighted by Gasteiger charge is 2.12.